The summed E-state index contributed by atoms with van der Waals surface area (Å²) >= 11 is 0. The maximum atomic E-state index is 11.6. The van der Waals surface area contributed by atoms with E-state index >= 15 is 0 Å². The van der Waals surface area contributed by atoms with Gasteiger partial charge in [-0.2, -0.15) is 0 Å². The standard InChI is InChI=1S/C14H16N4O3/c1-3-16-14(19)11-5-7-13(18-17-11)21-12-6-4-9(20-2)8-10(12)15/h4-8H,3,15H2,1-2H3,(H,16,19). The molecule has 2 aromatic rings. The van der Waals surface area contributed by atoms with Crippen LogP contribution in [-0.2, 0) is 0 Å². The van der Waals surface area contributed by atoms with Crippen LogP contribution in [0.4, 0.5) is 5.69 Å². The number of rotatable bonds is 5. The van der Waals surface area contributed by atoms with Gasteiger partial charge in [0, 0.05) is 18.7 Å². The summed E-state index contributed by atoms with van der Waals surface area (Å²) in [6.07, 6.45) is 0. The van der Waals surface area contributed by atoms with Crippen LogP contribution in [0.5, 0.6) is 17.4 Å². The average molecular weight is 288 g/mol. The Morgan fingerprint density at radius 1 is 1.29 bits per heavy atom. The fourth-order valence-electron chi connectivity index (χ4n) is 1.61. The largest absolute Gasteiger partial charge is 0.497 e. The number of ether oxygens (including phenoxy) is 2. The Kier molecular flexibility index (Phi) is 4.55. The number of benzene rings is 1. The second-order valence-electron chi connectivity index (χ2n) is 4.12. The number of nitrogens with two attached hydrogens (primary N) is 1. The van der Waals surface area contributed by atoms with Crippen molar-refractivity contribution in [3.8, 4) is 17.4 Å². The molecule has 7 nitrogen and oxygen atoms in total. The predicted molar refractivity (Wildman–Crippen MR) is 77.5 cm³/mol. The molecule has 3 N–H and O–H groups in total. The van der Waals surface area contributed by atoms with Gasteiger partial charge in [0.05, 0.1) is 12.8 Å². The minimum atomic E-state index is -0.277. The van der Waals surface area contributed by atoms with Crippen LogP contribution in [0, 0.1) is 0 Å². The van der Waals surface area contributed by atoms with E-state index in [1.54, 1.807) is 31.4 Å². The molecule has 0 unspecified atom stereocenters. The lowest BCUT2D eigenvalue weighted by molar-refractivity contribution is 0.0949. The smallest absolute Gasteiger partial charge is 0.271 e. The second-order valence-corrected chi connectivity index (χ2v) is 4.12. The van der Waals surface area contributed by atoms with E-state index in [1.807, 2.05) is 6.92 Å². The fraction of sp³-hybridized carbons (Fsp3) is 0.214. The highest BCUT2D eigenvalue weighted by Gasteiger charge is 2.09. The highest BCUT2D eigenvalue weighted by atomic mass is 16.5. The van der Waals surface area contributed by atoms with Gasteiger partial charge in [-0.25, -0.2) is 0 Å². The van der Waals surface area contributed by atoms with Crippen LogP contribution in [-0.4, -0.2) is 29.8 Å². The Labute approximate surface area is 122 Å². The first-order valence-electron chi connectivity index (χ1n) is 6.37. The van der Waals surface area contributed by atoms with E-state index in [0.29, 0.717) is 23.7 Å². The number of carbonyl (C=O) groups is 1. The first kappa shape index (κ1) is 14.6. The summed E-state index contributed by atoms with van der Waals surface area (Å²) in [5.74, 6) is 1.05. The number of hydrogen-bond donors (Lipinski definition) is 2. The Bertz CT molecular complexity index is 629. The molecule has 2 rings (SSSR count). The molecule has 0 saturated heterocycles. The summed E-state index contributed by atoms with van der Waals surface area (Å²) in [7, 11) is 1.56. The summed E-state index contributed by atoms with van der Waals surface area (Å²) in [5, 5.41) is 10.3. The zero-order valence-electron chi connectivity index (χ0n) is 11.8. The molecule has 1 aromatic heterocycles. The van der Waals surface area contributed by atoms with Crippen molar-refractivity contribution in [1.29, 1.82) is 0 Å². The predicted octanol–water partition coefficient (Wildman–Crippen LogP) is 1.61. The van der Waals surface area contributed by atoms with E-state index in [9.17, 15) is 4.79 Å². The Hall–Kier alpha value is -2.83. The number of nitrogens with one attached hydrogen (secondary N) is 1. The monoisotopic (exact) mass is 288 g/mol. The van der Waals surface area contributed by atoms with Crippen LogP contribution in [0.25, 0.3) is 0 Å². The maximum absolute atomic E-state index is 11.6. The summed E-state index contributed by atoms with van der Waals surface area (Å²) in [4.78, 5) is 11.6. The molecule has 0 spiro atoms. The van der Waals surface area contributed by atoms with Crippen molar-refractivity contribution in [2.75, 3.05) is 19.4 Å². The lowest BCUT2D eigenvalue weighted by Crippen LogP contribution is -2.23. The molecule has 0 aliphatic heterocycles. The lowest BCUT2D eigenvalue weighted by Gasteiger charge is -2.08. The number of aromatic nitrogens is 2. The molecule has 0 aliphatic rings. The van der Waals surface area contributed by atoms with Crippen LogP contribution in [0.3, 0.4) is 0 Å². The molecule has 0 saturated carbocycles. The van der Waals surface area contributed by atoms with Gasteiger partial charge < -0.3 is 20.5 Å². The van der Waals surface area contributed by atoms with Crippen LogP contribution in [0.15, 0.2) is 30.3 Å². The van der Waals surface area contributed by atoms with E-state index in [4.69, 9.17) is 15.2 Å². The summed E-state index contributed by atoms with van der Waals surface area (Å²) < 4.78 is 10.6. The molecule has 110 valence electrons. The molecule has 1 heterocycles. The van der Waals surface area contributed by atoms with Crippen LogP contribution >= 0.6 is 0 Å². The maximum Gasteiger partial charge on any atom is 0.271 e. The topological polar surface area (TPSA) is 99.4 Å². The van der Waals surface area contributed by atoms with Crippen molar-refractivity contribution < 1.29 is 14.3 Å². The number of hydrogen-bond acceptors (Lipinski definition) is 6. The van der Waals surface area contributed by atoms with Gasteiger partial charge in [0.15, 0.2) is 11.4 Å². The minimum absolute atomic E-state index is 0.229. The van der Waals surface area contributed by atoms with Gasteiger partial charge in [0.1, 0.15) is 5.75 Å². The lowest BCUT2D eigenvalue weighted by atomic mass is 10.3. The second kappa shape index (κ2) is 6.56. The number of anilines is 1. The van der Waals surface area contributed by atoms with Crippen LogP contribution in [0.1, 0.15) is 17.4 Å². The Morgan fingerprint density at radius 2 is 2.10 bits per heavy atom. The zero-order chi connectivity index (χ0) is 15.2. The summed E-state index contributed by atoms with van der Waals surface area (Å²) in [6, 6.07) is 8.13. The van der Waals surface area contributed by atoms with E-state index in [-0.39, 0.29) is 17.5 Å². The molecular weight excluding hydrogens is 272 g/mol. The van der Waals surface area contributed by atoms with Gasteiger partial charge in [-0.1, -0.05) is 0 Å². The van der Waals surface area contributed by atoms with Crippen molar-refractivity contribution in [2.24, 2.45) is 0 Å². The zero-order valence-corrected chi connectivity index (χ0v) is 11.8. The number of carbonyl (C=O) groups excluding carboxylic acids is 1. The van der Waals surface area contributed by atoms with Gasteiger partial charge in [-0.3, -0.25) is 4.79 Å². The molecule has 0 aliphatic carbocycles. The van der Waals surface area contributed by atoms with Gasteiger partial charge in [0.25, 0.3) is 5.91 Å². The third-order valence-electron chi connectivity index (χ3n) is 2.64. The third-order valence-corrected chi connectivity index (χ3v) is 2.64. The normalized spacial score (nSPS) is 10.0. The molecule has 0 bridgehead atoms. The molecule has 1 aromatic carbocycles. The highest BCUT2D eigenvalue weighted by Crippen LogP contribution is 2.29. The van der Waals surface area contributed by atoms with Crippen molar-refractivity contribution in [1.82, 2.24) is 15.5 Å². The molecular formula is C14H16N4O3. The van der Waals surface area contributed by atoms with Crippen LogP contribution in [0.2, 0.25) is 0 Å². The van der Waals surface area contributed by atoms with Gasteiger partial charge >= 0.3 is 0 Å². The number of amides is 1. The Balaban J connectivity index is 2.11. The summed E-state index contributed by atoms with van der Waals surface area (Å²) in [5.41, 5.74) is 6.49. The quantitative estimate of drug-likeness (QED) is 0.811. The van der Waals surface area contributed by atoms with Crippen LogP contribution < -0.4 is 20.5 Å². The molecule has 0 atom stereocenters. The third kappa shape index (κ3) is 3.59. The van der Waals surface area contributed by atoms with E-state index < -0.39 is 0 Å². The molecule has 0 fully saturated rings. The summed E-state index contributed by atoms with van der Waals surface area (Å²) in [6.45, 7) is 2.36. The van der Waals surface area contributed by atoms with E-state index in [2.05, 4.69) is 15.5 Å². The molecule has 21 heavy (non-hydrogen) atoms. The first-order valence-corrected chi connectivity index (χ1v) is 6.37. The van der Waals surface area contributed by atoms with Gasteiger partial charge in [-0.15, -0.1) is 10.2 Å². The van der Waals surface area contributed by atoms with E-state index in [1.165, 1.54) is 6.07 Å². The number of nitrogen functional groups attached to an aromatic ring is 1. The van der Waals surface area contributed by atoms with E-state index in [0.717, 1.165) is 0 Å². The number of methoxy groups -OCH3 is 1. The molecule has 7 heteroatoms. The van der Waals surface area contributed by atoms with Crippen molar-refractivity contribution in [3.63, 3.8) is 0 Å². The van der Waals surface area contributed by atoms with Crippen molar-refractivity contribution in [2.45, 2.75) is 6.92 Å². The van der Waals surface area contributed by atoms with Gasteiger partial charge in [0.2, 0.25) is 5.88 Å². The first-order chi connectivity index (χ1) is 10.1. The van der Waals surface area contributed by atoms with Crippen molar-refractivity contribution in [3.05, 3.63) is 36.0 Å². The minimum Gasteiger partial charge on any atom is -0.497 e. The molecule has 1 amide bonds. The average Bonchev–Trinajstić information content (AvgIpc) is 2.50. The highest BCUT2D eigenvalue weighted by molar-refractivity contribution is 5.91. The van der Waals surface area contributed by atoms with Gasteiger partial charge in [-0.05, 0) is 25.1 Å². The number of nitrogens with zero attached hydrogens (tertiary/aromatic N) is 2. The fourth-order valence-corrected chi connectivity index (χ4v) is 1.61. The Morgan fingerprint density at radius 3 is 2.67 bits per heavy atom. The van der Waals surface area contributed by atoms with Crippen molar-refractivity contribution >= 4 is 11.6 Å². The molecule has 0 radical (unpaired) electrons. The SMILES string of the molecule is CCNC(=O)c1ccc(Oc2ccc(OC)cc2N)nn1.